The van der Waals surface area contributed by atoms with E-state index in [2.05, 4.69) is 29.9 Å². The summed E-state index contributed by atoms with van der Waals surface area (Å²) in [6.07, 6.45) is 0. The molecule has 0 rings (SSSR count). The van der Waals surface area contributed by atoms with E-state index in [-0.39, 0.29) is 38.9 Å². The number of aliphatic carboxylic acids is 1. The molecular weight excluding hydrogens is 377 g/mol. The Morgan fingerprint density at radius 2 is 1.25 bits per heavy atom. The summed E-state index contributed by atoms with van der Waals surface area (Å²) in [7, 11) is 0. The van der Waals surface area contributed by atoms with Crippen LogP contribution in [0, 0.1) is 6.65 Å². The molecule has 0 saturated carbocycles. The van der Waals surface area contributed by atoms with Gasteiger partial charge in [0.2, 0.25) is 17.7 Å². The number of hydrogen-bond acceptors (Lipinski definition) is 6. The number of carboxylic acid groups (broad SMARTS) is 1. The van der Waals surface area contributed by atoms with E-state index < -0.39 is 30.2 Å². The number of carboxylic acids is 1. The predicted octanol–water partition coefficient (Wildman–Crippen LogP) is -4.03. The molecule has 0 aliphatic heterocycles. The van der Waals surface area contributed by atoms with Gasteiger partial charge in [-0.15, -0.1) is 0 Å². The van der Waals surface area contributed by atoms with Gasteiger partial charge in [-0.05, 0) is 0 Å². The van der Waals surface area contributed by atoms with Crippen molar-refractivity contribution in [1.82, 2.24) is 16.0 Å². The first kappa shape index (κ1) is 23.7. The summed E-state index contributed by atoms with van der Waals surface area (Å²) >= 11 is 3.68. The molecule has 3 N–H and O–H groups in total. The van der Waals surface area contributed by atoms with Gasteiger partial charge in [0.15, 0.2) is 0 Å². The van der Waals surface area contributed by atoms with Crippen molar-refractivity contribution in [2.45, 2.75) is 0 Å². The van der Waals surface area contributed by atoms with Crippen molar-refractivity contribution >= 4 is 36.3 Å². The van der Waals surface area contributed by atoms with E-state index in [4.69, 9.17) is 4.65 Å². The summed E-state index contributed by atoms with van der Waals surface area (Å²) < 4.78 is 7.50. The third-order valence-corrected chi connectivity index (χ3v) is 1.75. The third-order valence-electron chi connectivity index (χ3n) is 1.47. The first-order chi connectivity index (χ1) is 8.95. The Labute approximate surface area is 133 Å². The minimum absolute atomic E-state index is 0. The molecule has 9 nitrogen and oxygen atoms in total. The summed E-state index contributed by atoms with van der Waals surface area (Å²) in [4.78, 5) is 42.7. The average molecular weight is 389 g/mol. The molecule has 20 heavy (non-hydrogen) atoms. The van der Waals surface area contributed by atoms with Gasteiger partial charge in [-0.25, -0.2) is 0 Å². The average Bonchev–Trinajstić information content (AvgIpc) is 2.42. The molecule has 0 aliphatic rings. The van der Waals surface area contributed by atoms with Gasteiger partial charge in [0.05, 0.1) is 31.4 Å². The molecule has 0 atom stereocenters. The molecule has 0 spiro atoms. The van der Waals surface area contributed by atoms with Gasteiger partial charge in [0.25, 0.3) is 0 Å². The van der Waals surface area contributed by atoms with Crippen LogP contribution in [0.1, 0.15) is 0 Å². The van der Waals surface area contributed by atoms with Crippen molar-refractivity contribution in [1.29, 1.82) is 0 Å². The third kappa shape index (κ3) is 16.6. The number of hydrogen-bond donors (Lipinski definition) is 4. The van der Waals surface area contributed by atoms with Gasteiger partial charge in [-0.1, -0.05) is 0 Å². The van der Waals surface area contributed by atoms with Gasteiger partial charge in [0.1, 0.15) is 0 Å². The van der Waals surface area contributed by atoms with E-state index in [0.29, 0.717) is 0 Å². The summed E-state index contributed by atoms with van der Waals surface area (Å²) in [5, 5.41) is 16.4. The Morgan fingerprint density at radius 3 is 1.60 bits per heavy atom. The Kier molecular flexibility index (Phi) is 18.6. The van der Waals surface area contributed by atoms with Gasteiger partial charge < -0.3 is 25.9 Å². The number of carbonyl (C=O) groups excluding carboxylic acids is 4. The fourth-order valence-electron chi connectivity index (χ4n) is 0.709. The second-order valence-electron chi connectivity index (χ2n) is 2.86. The zero-order chi connectivity index (χ0) is 15.3. The van der Waals surface area contributed by atoms with E-state index >= 15 is 0 Å². The second kappa shape index (κ2) is 15.7. The molecule has 1 radical (unpaired) electrons. The first-order valence-corrected chi connectivity index (χ1v) is 5.40. The molecule has 0 fully saturated rings. The normalized spacial score (nSPS) is 7.95. The summed E-state index contributed by atoms with van der Waals surface area (Å²) in [6.45, 7) is 3.24. The quantitative estimate of drug-likeness (QED) is 0.199. The Bertz CT molecular complexity index is 363. The summed E-state index contributed by atoms with van der Waals surface area (Å²) in [6, 6.07) is 0. The molecule has 0 heterocycles. The maximum atomic E-state index is 11.0. The van der Waals surface area contributed by atoms with Crippen LogP contribution >= 0.6 is 12.6 Å². The fourth-order valence-corrected chi connectivity index (χ4v) is 0.821. The zero-order valence-electron chi connectivity index (χ0n) is 10.1. The van der Waals surface area contributed by atoms with E-state index in [1.54, 1.807) is 0 Å². The van der Waals surface area contributed by atoms with Gasteiger partial charge >= 0.3 is 11.3 Å². The van der Waals surface area contributed by atoms with Crippen LogP contribution in [0.3, 0.4) is 0 Å². The van der Waals surface area contributed by atoms with Crippen molar-refractivity contribution in [3.63, 3.8) is 0 Å². The Balaban J connectivity index is -0.000000916. The van der Waals surface area contributed by atoms with E-state index in [9.17, 15) is 24.3 Å². The van der Waals surface area contributed by atoms with Gasteiger partial charge in [-0.3, -0.25) is 14.4 Å². The molecule has 113 valence electrons. The first-order valence-electron chi connectivity index (χ1n) is 4.77. The second-order valence-corrected chi connectivity index (χ2v) is 3.18. The molecule has 11 heteroatoms. The van der Waals surface area contributed by atoms with Gasteiger partial charge in [-0.2, -0.15) is 12.6 Å². The van der Waals surface area contributed by atoms with Crippen molar-refractivity contribution in [3.8, 4) is 0 Å². The molecule has 0 unspecified atom stereocenters. The minimum atomic E-state index is -1.43. The summed E-state index contributed by atoms with van der Waals surface area (Å²) in [5.74, 6) is -3.11. The van der Waals surface area contributed by atoms with Gasteiger partial charge in [0, 0.05) is 20.1 Å². The van der Waals surface area contributed by atoms with Crippen LogP contribution in [0.5, 0.6) is 0 Å². The van der Waals surface area contributed by atoms with Crippen molar-refractivity contribution in [2.24, 2.45) is 0 Å². The molecule has 0 saturated heterocycles. The van der Waals surface area contributed by atoms with Crippen LogP contribution in [0.2, 0.25) is 0 Å². The molecule has 0 aromatic heterocycles. The molecule has 0 bridgehead atoms. The number of rotatable bonds is 7. The molecule has 0 aliphatic carbocycles. The molecular formula is C9H12N3O6STc-. The van der Waals surface area contributed by atoms with Crippen molar-refractivity contribution < 1.29 is 49.0 Å². The Hall–Kier alpha value is -1.38. The van der Waals surface area contributed by atoms with Crippen LogP contribution in [0.15, 0.2) is 0 Å². The van der Waals surface area contributed by atoms with Crippen LogP contribution < -0.4 is 21.1 Å². The van der Waals surface area contributed by atoms with E-state index in [0.717, 1.165) is 0 Å². The number of thiol groups is 1. The van der Waals surface area contributed by atoms with Crippen LogP contribution in [0.4, 0.5) is 0 Å². The van der Waals surface area contributed by atoms with Crippen LogP contribution in [-0.2, 0) is 43.9 Å². The number of carbonyl (C=O) groups is 4. The number of nitrogens with one attached hydrogen (secondary N) is 3. The van der Waals surface area contributed by atoms with Crippen molar-refractivity contribution in [2.75, 3.05) is 25.4 Å². The fraction of sp³-hybridized carbons (Fsp3) is 0.444. The zero-order valence-corrected chi connectivity index (χ0v) is 12.9. The topological polar surface area (TPSA) is 147 Å². The summed E-state index contributed by atoms with van der Waals surface area (Å²) in [5.41, 5.74) is 0. The number of amides is 3. The monoisotopic (exact) mass is 389 g/mol. The van der Waals surface area contributed by atoms with E-state index in [1.165, 1.54) is 0 Å². The molecule has 3 amide bonds. The standard InChI is InChI=1S/C8H13N3O5S.CO.Tc/c12-5(2-10-7(14)4-17)9-1-6(13)11-3-8(15)16;1-2;/h17H,1-4H2,(H,9,12)(H,10,14)(H,11,13)(H,15,16);;/p-1/i;;1+1. The predicted molar refractivity (Wildman–Crippen MR) is 61.8 cm³/mol. The molecule has 0 aromatic rings. The van der Waals surface area contributed by atoms with E-state index in [1.807, 2.05) is 5.32 Å². The van der Waals surface area contributed by atoms with Crippen LogP contribution in [0.25, 0.3) is 0 Å². The van der Waals surface area contributed by atoms with Crippen LogP contribution in [-0.4, -0.2) is 49.1 Å². The Morgan fingerprint density at radius 1 is 0.900 bits per heavy atom. The van der Waals surface area contributed by atoms with Crippen molar-refractivity contribution in [3.05, 3.63) is 6.65 Å². The molecule has 0 aromatic carbocycles. The maximum absolute atomic E-state index is 11.0. The SMILES string of the molecule is O=C([O-])CNC(=O)CNC(=O)CNC(=O)CS.[99Tc].[C-]#[O+].